The predicted molar refractivity (Wildman–Crippen MR) is 120 cm³/mol. The molecule has 3 rings (SSSR count). The highest BCUT2D eigenvalue weighted by atomic mass is 19.1. The van der Waals surface area contributed by atoms with E-state index in [0.717, 1.165) is 5.56 Å². The molecule has 1 aliphatic rings. The number of carbonyl (C=O) groups is 4. The third kappa shape index (κ3) is 6.31. The highest BCUT2D eigenvalue weighted by molar-refractivity contribution is 6.27. The molecule has 0 bridgehead atoms. The number of carboxylic acid groups (broad SMARTS) is 2. The minimum absolute atomic E-state index is 0.0486. The van der Waals surface area contributed by atoms with Crippen LogP contribution >= 0.6 is 0 Å². The Kier molecular flexibility index (Phi) is 9.11. The Morgan fingerprint density at radius 2 is 1.71 bits per heavy atom. The van der Waals surface area contributed by atoms with Crippen molar-refractivity contribution in [1.29, 1.82) is 0 Å². The lowest BCUT2D eigenvalue weighted by Crippen LogP contribution is -2.46. The van der Waals surface area contributed by atoms with Gasteiger partial charge in [-0.2, -0.15) is 0 Å². The van der Waals surface area contributed by atoms with Crippen molar-refractivity contribution in [1.82, 2.24) is 4.90 Å². The zero-order valence-corrected chi connectivity index (χ0v) is 18.9. The molecule has 2 aromatic rings. The molecular formula is C24H27FN2O7. The Labute approximate surface area is 195 Å². The minimum Gasteiger partial charge on any atom is -0.473 e. The molecule has 0 spiro atoms. The van der Waals surface area contributed by atoms with Crippen molar-refractivity contribution in [3.8, 4) is 0 Å². The lowest BCUT2D eigenvalue weighted by molar-refractivity contribution is -0.159. The number of nitrogens with zero attached hydrogens (tertiary/aromatic N) is 1. The summed E-state index contributed by atoms with van der Waals surface area (Å²) in [5, 5.41) is 14.8. The van der Waals surface area contributed by atoms with Gasteiger partial charge in [-0.05, 0) is 56.0 Å². The molecule has 182 valence electrons. The number of hydrogen-bond donors (Lipinski definition) is 3. The monoisotopic (exact) mass is 474 g/mol. The molecule has 34 heavy (non-hydrogen) atoms. The number of ether oxygens (including phenoxy) is 1. The summed E-state index contributed by atoms with van der Waals surface area (Å²) in [6.07, 6.45) is 1.25. The fourth-order valence-corrected chi connectivity index (χ4v) is 3.87. The SMILES string of the molecule is CCOC(=O)[C@H]1CCCN(C(=O)c2c(C)cccc2F)[C@H]1c1ccc(N)cc1.O=C(O)C(=O)O. The van der Waals surface area contributed by atoms with Gasteiger partial charge in [-0.3, -0.25) is 9.59 Å². The molecule has 0 aromatic heterocycles. The number of benzene rings is 2. The molecule has 4 N–H and O–H groups in total. The first-order valence-electron chi connectivity index (χ1n) is 10.6. The standard InChI is InChI=1S/C22H25FN2O3.C2H2O4/c1-3-28-22(27)17-7-5-13-25(20(17)15-9-11-16(24)12-10-15)21(26)19-14(2)6-4-8-18(19)23;3-1(4)2(5)6/h4,6,8-12,17,20H,3,5,7,13,24H2,1-2H3;(H,3,4)(H,5,6)/t17-,20-;/m0./s1. The van der Waals surface area contributed by atoms with Gasteiger partial charge in [-0.1, -0.05) is 24.3 Å². The summed E-state index contributed by atoms with van der Waals surface area (Å²) in [4.78, 5) is 45.8. The Bertz CT molecular complexity index is 1020. The van der Waals surface area contributed by atoms with E-state index < -0.39 is 35.6 Å². The molecule has 9 nitrogen and oxygen atoms in total. The molecule has 0 saturated carbocycles. The quantitative estimate of drug-likeness (QED) is 0.348. The lowest BCUT2D eigenvalue weighted by atomic mass is 9.84. The van der Waals surface area contributed by atoms with E-state index in [4.69, 9.17) is 30.3 Å². The van der Waals surface area contributed by atoms with E-state index in [1.165, 1.54) is 6.07 Å². The van der Waals surface area contributed by atoms with Crippen molar-refractivity contribution in [3.05, 3.63) is 65.0 Å². The van der Waals surface area contributed by atoms with Crippen LogP contribution in [0.4, 0.5) is 10.1 Å². The topological polar surface area (TPSA) is 147 Å². The molecule has 0 aliphatic carbocycles. The average molecular weight is 474 g/mol. The fraction of sp³-hybridized carbons (Fsp3) is 0.333. The predicted octanol–water partition coefficient (Wildman–Crippen LogP) is 3.03. The summed E-state index contributed by atoms with van der Waals surface area (Å²) in [5.74, 6) is -5.46. The lowest BCUT2D eigenvalue weighted by Gasteiger charge is -2.40. The van der Waals surface area contributed by atoms with Crippen LogP contribution in [-0.2, 0) is 19.1 Å². The molecule has 0 unspecified atom stereocenters. The molecule has 0 radical (unpaired) electrons. The van der Waals surface area contributed by atoms with Gasteiger partial charge in [0.05, 0.1) is 24.1 Å². The summed E-state index contributed by atoms with van der Waals surface area (Å²) >= 11 is 0. The van der Waals surface area contributed by atoms with Crippen molar-refractivity contribution in [2.75, 3.05) is 18.9 Å². The summed E-state index contributed by atoms with van der Waals surface area (Å²) in [7, 11) is 0. The van der Waals surface area contributed by atoms with Crippen molar-refractivity contribution in [2.24, 2.45) is 5.92 Å². The summed E-state index contributed by atoms with van der Waals surface area (Å²) in [5.41, 5.74) is 7.80. The number of halogens is 1. The van der Waals surface area contributed by atoms with E-state index >= 15 is 0 Å². The number of piperidine rings is 1. The number of carbonyl (C=O) groups excluding carboxylic acids is 2. The zero-order chi connectivity index (χ0) is 25.4. The Morgan fingerprint density at radius 1 is 1.09 bits per heavy atom. The van der Waals surface area contributed by atoms with Crippen LogP contribution in [0.25, 0.3) is 0 Å². The largest absolute Gasteiger partial charge is 0.473 e. The summed E-state index contributed by atoms with van der Waals surface area (Å²) in [6, 6.07) is 11.1. The average Bonchev–Trinajstić information content (AvgIpc) is 2.79. The molecule has 2 atom stereocenters. The number of anilines is 1. The van der Waals surface area contributed by atoms with Crippen LogP contribution in [-0.4, -0.2) is 52.1 Å². The van der Waals surface area contributed by atoms with Gasteiger partial charge < -0.3 is 25.6 Å². The van der Waals surface area contributed by atoms with Crippen molar-refractivity contribution in [2.45, 2.75) is 32.7 Å². The number of nitrogen functional groups attached to an aromatic ring is 1. The van der Waals surface area contributed by atoms with E-state index in [0.29, 0.717) is 30.6 Å². The Morgan fingerprint density at radius 3 is 2.24 bits per heavy atom. The van der Waals surface area contributed by atoms with Crippen molar-refractivity contribution < 1.29 is 38.5 Å². The first kappa shape index (κ1) is 26.3. The van der Waals surface area contributed by atoms with E-state index in [1.54, 1.807) is 43.0 Å². The molecule has 1 fully saturated rings. The van der Waals surface area contributed by atoms with Gasteiger partial charge >= 0.3 is 17.9 Å². The normalized spacial score (nSPS) is 17.2. The summed E-state index contributed by atoms with van der Waals surface area (Å²) in [6.45, 7) is 4.17. The smallest absolute Gasteiger partial charge is 0.414 e. The van der Waals surface area contributed by atoms with Crippen molar-refractivity contribution in [3.63, 3.8) is 0 Å². The maximum absolute atomic E-state index is 14.5. The molecule has 10 heteroatoms. The van der Waals surface area contributed by atoms with Gasteiger partial charge in [0, 0.05) is 12.2 Å². The van der Waals surface area contributed by atoms with Crippen LogP contribution in [0.5, 0.6) is 0 Å². The Hall–Kier alpha value is -3.95. The first-order chi connectivity index (χ1) is 16.1. The fourth-order valence-electron chi connectivity index (χ4n) is 3.87. The van der Waals surface area contributed by atoms with Crippen LogP contribution in [0.15, 0.2) is 42.5 Å². The van der Waals surface area contributed by atoms with E-state index in [2.05, 4.69) is 0 Å². The third-order valence-corrected chi connectivity index (χ3v) is 5.38. The number of nitrogens with two attached hydrogens (primary N) is 1. The van der Waals surface area contributed by atoms with Crippen LogP contribution in [0.3, 0.4) is 0 Å². The molecule has 1 aliphatic heterocycles. The molecule has 2 aromatic carbocycles. The van der Waals surface area contributed by atoms with Crippen molar-refractivity contribution >= 4 is 29.5 Å². The van der Waals surface area contributed by atoms with E-state index in [-0.39, 0.29) is 18.1 Å². The second-order valence-electron chi connectivity index (χ2n) is 7.65. The van der Waals surface area contributed by atoms with Gasteiger partial charge in [-0.15, -0.1) is 0 Å². The summed E-state index contributed by atoms with van der Waals surface area (Å²) < 4.78 is 19.7. The number of rotatable bonds is 4. The number of amides is 1. The maximum atomic E-state index is 14.5. The van der Waals surface area contributed by atoms with Gasteiger partial charge in [0.25, 0.3) is 5.91 Å². The van der Waals surface area contributed by atoms with Crippen LogP contribution in [0.2, 0.25) is 0 Å². The Balaban J connectivity index is 0.000000604. The highest BCUT2D eigenvalue weighted by Crippen LogP contribution is 2.38. The van der Waals surface area contributed by atoms with Gasteiger partial charge in [0.15, 0.2) is 0 Å². The molecular weight excluding hydrogens is 447 g/mol. The van der Waals surface area contributed by atoms with Crippen LogP contribution in [0, 0.1) is 18.7 Å². The maximum Gasteiger partial charge on any atom is 0.414 e. The third-order valence-electron chi connectivity index (χ3n) is 5.38. The zero-order valence-electron chi connectivity index (χ0n) is 18.9. The number of hydrogen-bond acceptors (Lipinski definition) is 6. The molecule has 1 amide bonds. The van der Waals surface area contributed by atoms with E-state index in [1.807, 2.05) is 12.1 Å². The van der Waals surface area contributed by atoms with Gasteiger partial charge in [0.2, 0.25) is 0 Å². The minimum atomic E-state index is -1.82. The van der Waals surface area contributed by atoms with Crippen LogP contribution < -0.4 is 5.73 Å². The molecule has 1 saturated heterocycles. The number of carboxylic acids is 2. The van der Waals surface area contributed by atoms with Gasteiger partial charge in [-0.25, -0.2) is 14.0 Å². The van der Waals surface area contributed by atoms with E-state index in [9.17, 15) is 14.0 Å². The van der Waals surface area contributed by atoms with Crippen LogP contribution in [0.1, 0.15) is 47.3 Å². The number of esters is 1. The highest BCUT2D eigenvalue weighted by Gasteiger charge is 2.41. The number of aliphatic carboxylic acids is 2. The number of likely N-dealkylation sites (tertiary alicyclic amines) is 1. The number of aryl methyl sites for hydroxylation is 1. The second kappa shape index (κ2) is 11.8. The molecule has 1 heterocycles. The second-order valence-corrected chi connectivity index (χ2v) is 7.65. The van der Waals surface area contributed by atoms with Gasteiger partial charge in [0.1, 0.15) is 5.82 Å². The first-order valence-corrected chi connectivity index (χ1v) is 10.6.